The van der Waals surface area contributed by atoms with Gasteiger partial charge in [-0.25, -0.2) is 0 Å². The Morgan fingerprint density at radius 1 is 1.70 bits per heavy atom. The van der Waals surface area contributed by atoms with Gasteiger partial charge in [0.25, 0.3) is 0 Å². The molecule has 54 valence electrons. The SMILES string of the molecule is Cc1sccc1C=CCS. The second kappa shape index (κ2) is 3.84. The fourth-order valence-corrected chi connectivity index (χ4v) is 1.54. The van der Waals surface area contributed by atoms with E-state index in [-0.39, 0.29) is 0 Å². The minimum absolute atomic E-state index is 0.815. The van der Waals surface area contributed by atoms with Gasteiger partial charge in [-0.2, -0.15) is 12.6 Å². The van der Waals surface area contributed by atoms with E-state index in [4.69, 9.17) is 0 Å². The van der Waals surface area contributed by atoms with Crippen LogP contribution in [0.15, 0.2) is 17.5 Å². The quantitative estimate of drug-likeness (QED) is 0.648. The highest BCUT2D eigenvalue weighted by Crippen LogP contribution is 2.16. The van der Waals surface area contributed by atoms with Gasteiger partial charge in [0.2, 0.25) is 0 Å². The van der Waals surface area contributed by atoms with Crippen molar-refractivity contribution in [2.24, 2.45) is 0 Å². The van der Waals surface area contributed by atoms with E-state index in [9.17, 15) is 0 Å². The van der Waals surface area contributed by atoms with Crippen molar-refractivity contribution in [2.45, 2.75) is 6.92 Å². The Morgan fingerprint density at radius 2 is 2.50 bits per heavy atom. The molecule has 0 aromatic carbocycles. The summed E-state index contributed by atoms with van der Waals surface area (Å²) in [5.41, 5.74) is 1.32. The van der Waals surface area contributed by atoms with Crippen LogP contribution in [-0.2, 0) is 0 Å². The lowest BCUT2D eigenvalue weighted by molar-refractivity contribution is 1.59. The summed E-state index contributed by atoms with van der Waals surface area (Å²) in [4.78, 5) is 1.37. The van der Waals surface area contributed by atoms with Gasteiger partial charge < -0.3 is 0 Å². The predicted octanol–water partition coefficient (Wildman–Crippen LogP) is 3.00. The maximum Gasteiger partial charge on any atom is 0.00864 e. The molecule has 0 aliphatic rings. The zero-order chi connectivity index (χ0) is 7.40. The molecule has 1 aromatic heterocycles. The van der Waals surface area contributed by atoms with E-state index in [1.807, 2.05) is 0 Å². The van der Waals surface area contributed by atoms with Crippen LogP contribution in [0.2, 0.25) is 0 Å². The van der Waals surface area contributed by atoms with Gasteiger partial charge in [0.1, 0.15) is 0 Å². The maximum atomic E-state index is 4.08. The molecule has 0 radical (unpaired) electrons. The van der Waals surface area contributed by atoms with E-state index in [1.54, 1.807) is 11.3 Å². The van der Waals surface area contributed by atoms with Crippen LogP contribution in [0.5, 0.6) is 0 Å². The molecule has 0 nitrogen and oxygen atoms in total. The van der Waals surface area contributed by atoms with Crippen molar-refractivity contribution in [3.63, 3.8) is 0 Å². The average molecular weight is 170 g/mol. The Kier molecular flexibility index (Phi) is 3.03. The number of rotatable bonds is 2. The van der Waals surface area contributed by atoms with Crippen LogP contribution in [0.3, 0.4) is 0 Å². The fourth-order valence-electron chi connectivity index (χ4n) is 0.747. The summed E-state index contributed by atoms with van der Waals surface area (Å²) in [6.07, 6.45) is 4.16. The molecule has 0 aliphatic heterocycles. The van der Waals surface area contributed by atoms with E-state index in [2.05, 4.69) is 43.2 Å². The van der Waals surface area contributed by atoms with E-state index in [0.29, 0.717) is 0 Å². The lowest BCUT2D eigenvalue weighted by Crippen LogP contribution is -1.67. The first kappa shape index (κ1) is 7.89. The molecule has 0 atom stereocenters. The Bertz CT molecular complexity index is 223. The molecular formula is C8H10S2. The highest BCUT2D eigenvalue weighted by Gasteiger charge is 1.91. The van der Waals surface area contributed by atoms with Crippen LogP contribution in [0.25, 0.3) is 6.08 Å². The van der Waals surface area contributed by atoms with Gasteiger partial charge in [-0.1, -0.05) is 12.2 Å². The zero-order valence-corrected chi connectivity index (χ0v) is 7.58. The molecule has 1 rings (SSSR count). The molecule has 0 unspecified atom stereocenters. The number of hydrogen-bond donors (Lipinski definition) is 1. The summed E-state index contributed by atoms with van der Waals surface area (Å²) in [7, 11) is 0. The van der Waals surface area contributed by atoms with Gasteiger partial charge in [0, 0.05) is 10.6 Å². The maximum absolute atomic E-state index is 4.08. The van der Waals surface area contributed by atoms with Crippen molar-refractivity contribution < 1.29 is 0 Å². The van der Waals surface area contributed by atoms with Gasteiger partial charge in [0.05, 0.1) is 0 Å². The molecule has 1 aromatic rings. The van der Waals surface area contributed by atoms with Crippen molar-refractivity contribution in [1.82, 2.24) is 0 Å². The first-order valence-electron chi connectivity index (χ1n) is 3.16. The first-order chi connectivity index (χ1) is 4.84. The largest absolute Gasteiger partial charge is 0.175 e. The molecule has 0 aliphatic carbocycles. The standard InChI is InChI=1S/C8H10S2/c1-7-8(3-2-5-9)4-6-10-7/h2-4,6,9H,5H2,1H3. The van der Waals surface area contributed by atoms with Crippen molar-refractivity contribution in [1.29, 1.82) is 0 Å². The molecule has 0 saturated heterocycles. The van der Waals surface area contributed by atoms with Crippen molar-refractivity contribution in [2.75, 3.05) is 5.75 Å². The van der Waals surface area contributed by atoms with E-state index in [0.717, 1.165) is 5.75 Å². The van der Waals surface area contributed by atoms with E-state index < -0.39 is 0 Å². The molecule has 1 heterocycles. The van der Waals surface area contributed by atoms with Crippen LogP contribution in [0.1, 0.15) is 10.4 Å². The molecule has 0 bridgehead atoms. The lowest BCUT2D eigenvalue weighted by atomic mass is 10.2. The summed E-state index contributed by atoms with van der Waals surface area (Å²) in [6.45, 7) is 2.13. The van der Waals surface area contributed by atoms with Crippen LogP contribution in [0.4, 0.5) is 0 Å². The van der Waals surface area contributed by atoms with Crippen LogP contribution in [0, 0.1) is 6.92 Å². The van der Waals surface area contributed by atoms with Crippen molar-refractivity contribution in [3.05, 3.63) is 28.0 Å². The topological polar surface area (TPSA) is 0 Å². The number of thiol groups is 1. The molecule has 0 fully saturated rings. The Hall–Kier alpha value is -0.210. The van der Waals surface area contributed by atoms with Gasteiger partial charge >= 0.3 is 0 Å². The second-order valence-corrected chi connectivity index (χ2v) is 3.50. The Balaban J connectivity index is 2.74. The van der Waals surface area contributed by atoms with E-state index in [1.165, 1.54) is 10.4 Å². The average Bonchev–Trinajstić information content (AvgIpc) is 2.31. The van der Waals surface area contributed by atoms with Crippen molar-refractivity contribution in [3.8, 4) is 0 Å². The third kappa shape index (κ3) is 1.89. The summed E-state index contributed by atoms with van der Waals surface area (Å²) in [6, 6.07) is 2.12. The molecule has 2 heteroatoms. The number of aryl methyl sites for hydroxylation is 1. The van der Waals surface area contributed by atoms with E-state index >= 15 is 0 Å². The minimum Gasteiger partial charge on any atom is -0.175 e. The Labute approximate surface area is 71.0 Å². The van der Waals surface area contributed by atoms with Crippen molar-refractivity contribution >= 4 is 30.0 Å². The lowest BCUT2D eigenvalue weighted by Gasteiger charge is -1.86. The summed E-state index contributed by atoms with van der Waals surface area (Å²) in [5.74, 6) is 0.815. The van der Waals surface area contributed by atoms with Crippen LogP contribution < -0.4 is 0 Å². The fraction of sp³-hybridized carbons (Fsp3) is 0.250. The second-order valence-electron chi connectivity index (χ2n) is 2.02. The predicted molar refractivity (Wildman–Crippen MR) is 51.9 cm³/mol. The number of hydrogen-bond acceptors (Lipinski definition) is 2. The summed E-state index contributed by atoms with van der Waals surface area (Å²) >= 11 is 5.86. The Morgan fingerprint density at radius 3 is 3.00 bits per heavy atom. The molecule has 0 N–H and O–H groups in total. The smallest absolute Gasteiger partial charge is 0.00864 e. The molecule has 10 heavy (non-hydrogen) atoms. The third-order valence-corrected chi connectivity index (χ3v) is 2.37. The number of thiophene rings is 1. The molecule has 0 amide bonds. The highest BCUT2D eigenvalue weighted by atomic mass is 32.1. The first-order valence-corrected chi connectivity index (χ1v) is 4.67. The third-order valence-electron chi connectivity index (χ3n) is 1.30. The molecular weight excluding hydrogens is 160 g/mol. The van der Waals surface area contributed by atoms with Crippen LogP contribution in [-0.4, -0.2) is 5.75 Å². The van der Waals surface area contributed by atoms with Gasteiger partial charge in [-0.3, -0.25) is 0 Å². The normalized spacial score (nSPS) is 11.0. The van der Waals surface area contributed by atoms with Gasteiger partial charge in [-0.15, -0.1) is 11.3 Å². The molecule has 0 spiro atoms. The zero-order valence-electron chi connectivity index (χ0n) is 5.87. The summed E-state index contributed by atoms with van der Waals surface area (Å²) in [5, 5.41) is 2.10. The van der Waals surface area contributed by atoms with Gasteiger partial charge in [0.15, 0.2) is 0 Å². The van der Waals surface area contributed by atoms with Gasteiger partial charge in [-0.05, 0) is 23.9 Å². The molecule has 0 saturated carbocycles. The monoisotopic (exact) mass is 170 g/mol. The summed E-state index contributed by atoms with van der Waals surface area (Å²) < 4.78 is 0. The minimum atomic E-state index is 0.815. The highest BCUT2D eigenvalue weighted by molar-refractivity contribution is 7.80. The van der Waals surface area contributed by atoms with Crippen LogP contribution >= 0.6 is 24.0 Å².